The average molecular weight is 264 g/mol. The molecule has 17 heavy (non-hydrogen) atoms. The number of hydrogen-bond acceptors (Lipinski definition) is 3. The Bertz CT molecular complexity index is 599. The molecule has 1 aromatic carbocycles. The van der Waals surface area contributed by atoms with E-state index in [-0.39, 0.29) is 5.56 Å². The molecular formula is C12H12N2OS2. The second-order valence-corrected chi connectivity index (χ2v) is 5.06. The van der Waals surface area contributed by atoms with Gasteiger partial charge in [0.25, 0.3) is 5.56 Å². The Labute approximate surface area is 109 Å². The lowest BCUT2D eigenvalue weighted by Gasteiger charge is -1.99. The molecule has 0 unspecified atom stereocenters. The molecule has 5 heteroatoms. The normalized spacial score (nSPS) is 10.5. The van der Waals surface area contributed by atoms with Gasteiger partial charge in [-0.3, -0.25) is 9.89 Å². The maximum absolute atomic E-state index is 12.2. The molecule has 0 radical (unpaired) electrons. The van der Waals surface area contributed by atoms with Gasteiger partial charge in [0.1, 0.15) is 0 Å². The largest absolute Gasteiger partial charge is 0.295 e. The molecular weight excluding hydrogens is 252 g/mol. The van der Waals surface area contributed by atoms with E-state index in [0.717, 1.165) is 11.4 Å². The van der Waals surface area contributed by atoms with Crippen molar-refractivity contribution in [3.63, 3.8) is 0 Å². The highest BCUT2D eigenvalue weighted by Gasteiger charge is 2.15. The molecule has 0 atom stereocenters. The molecule has 0 saturated heterocycles. The van der Waals surface area contributed by atoms with Crippen LogP contribution >= 0.6 is 24.0 Å². The lowest BCUT2D eigenvalue weighted by atomic mass is 10.3. The van der Waals surface area contributed by atoms with Crippen molar-refractivity contribution >= 4 is 28.2 Å². The van der Waals surface area contributed by atoms with Gasteiger partial charge in [-0.1, -0.05) is 30.4 Å². The molecule has 1 N–H and O–H groups in total. The van der Waals surface area contributed by atoms with Gasteiger partial charge in [-0.05, 0) is 25.3 Å². The van der Waals surface area contributed by atoms with Gasteiger partial charge in [-0.15, -0.1) is 11.8 Å². The minimum atomic E-state index is -0.0898. The van der Waals surface area contributed by atoms with Crippen LogP contribution in [0.15, 0.2) is 35.1 Å². The maximum Gasteiger partial charge on any atom is 0.280 e. The zero-order chi connectivity index (χ0) is 12.4. The standard InChI is InChI=1S/C12H12N2OS2/c1-8-10(12(16)17-2)11(15)14(13-8)9-6-4-3-5-7-9/h3-7,13H,1-2H3. The molecule has 0 amide bonds. The first kappa shape index (κ1) is 12.1. The number of thiocarbonyl (C=S) groups is 1. The van der Waals surface area contributed by atoms with Gasteiger partial charge in [0.15, 0.2) is 0 Å². The molecule has 2 rings (SSSR count). The number of hydrogen-bond donors (Lipinski definition) is 1. The highest BCUT2D eigenvalue weighted by Crippen LogP contribution is 2.12. The number of aromatic amines is 1. The number of thioether (sulfide) groups is 1. The van der Waals surface area contributed by atoms with Crippen LogP contribution in [0.2, 0.25) is 0 Å². The third-order valence-electron chi connectivity index (χ3n) is 2.48. The summed E-state index contributed by atoms with van der Waals surface area (Å²) >= 11 is 6.60. The number of para-hydroxylation sites is 1. The first-order valence-electron chi connectivity index (χ1n) is 5.10. The lowest BCUT2D eigenvalue weighted by molar-refractivity contribution is 0.835. The summed E-state index contributed by atoms with van der Waals surface area (Å²) in [6, 6.07) is 9.46. The molecule has 1 heterocycles. The predicted molar refractivity (Wildman–Crippen MR) is 76.3 cm³/mol. The zero-order valence-electron chi connectivity index (χ0n) is 9.56. The van der Waals surface area contributed by atoms with Gasteiger partial charge in [0.2, 0.25) is 0 Å². The third kappa shape index (κ3) is 2.21. The number of nitrogens with zero attached hydrogens (tertiary/aromatic N) is 1. The van der Waals surface area contributed by atoms with Gasteiger partial charge in [-0.25, -0.2) is 4.68 Å². The Morgan fingerprint density at radius 3 is 2.59 bits per heavy atom. The average Bonchev–Trinajstić information content (AvgIpc) is 2.65. The van der Waals surface area contributed by atoms with E-state index < -0.39 is 0 Å². The van der Waals surface area contributed by atoms with E-state index in [9.17, 15) is 4.79 Å². The second kappa shape index (κ2) is 4.89. The summed E-state index contributed by atoms with van der Waals surface area (Å²) in [5.41, 5.74) is 2.12. The Morgan fingerprint density at radius 1 is 1.35 bits per heavy atom. The van der Waals surface area contributed by atoms with Gasteiger partial charge >= 0.3 is 0 Å². The molecule has 3 nitrogen and oxygen atoms in total. The van der Waals surface area contributed by atoms with E-state index in [2.05, 4.69) is 5.10 Å². The Hall–Kier alpha value is -1.33. The molecule has 0 spiro atoms. The summed E-state index contributed by atoms with van der Waals surface area (Å²) in [7, 11) is 0. The van der Waals surface area contributed by atoms with Crippen LogP contribution in [-0.2, 0) is 0 Å². The summed E-state index contributed by atoms with van der Waals surface area (Å²) in [6.45, 7) is 1.86. The third-order valence-corrected chi connectivity index (χ3v) is 3.75. The molecule has 1 aromatic heterocycles. The van der Waals surface area contributed by atoms with Crippen molar-refractivity contribution in [3.8, 4) is 5.69 Å². The molecule has 0 saturated carbocycles. The van der Waals surface area contributed by atoms with Crippen molar-refractivity contribution in [2.24, 2.45) is 0 Å². The Kier molecular flexibility index (Phi) is 3.49. The van der Waals surface area contributed by atoms with Crippen molar-refractivity contribution in [2.45, 2.75) is 6.92 Å². The van der Waals surface area contributed by atoms with Crippen LogP contribution in [0.5, 0.6) is 0 Å². The molecule has 88 valence electrons. The topological polar surface area (TPSA) is 37.8 Å². The number of rotatable bonds is 2. The molecule has 2 aromatic rings. The van der Waals surface area contributed by atoms with Crippen LogP contribution in [-0.4, -0.2) is 20.2 Å². The minimum Gasteiger partial charge on any atom is -0.295 e. The van der Waals surface area contributed by atoms with Crippen LogP contribution in [0.4, 0.5) is 0 Å². The highest BCUT2D eigenvalue weighted by molar-refractivity contribution is 8.23. The SMILES string of the molecule is CSC(=S)c1c(C)[nH]n(-c2ccccc2)c1=O. The van der Waals surface area contributed by atoms with E-state index in [1.165, 1.54) is 16.4 Å². The quantitative estimate of drug-likeness (QED) is 0.847. The molecule has 0 aliphatic rings. The van der Waals surface area contributed by atoms with E-state index in [1.807, 2.05) is 43.5 Å². The Balaban J connectivity index is 2.60. The number of H-pyrrole nitrogens is 1. The first-order valence-corrected chi connectivity index (χ1v) is 6.74. The van der Waals surface area contributed by atoms with Crippen molar-refractivity contribution in [1.82, 2.24) is 9.78 Å². The summed E-state index contributed by atoms with van der Waals surface area (Å²) in [5, 5.41) is 3.05. The summed E-state index contributed by atoms with van der Waals surface area (Å²) in [4.78, 5) is 12.2. The highest BCUT2D eigenvalue weighted by atomic mass is 32.2. The monoisotopic (exact) mass is 264 g/mol. The van der Waals surface area contributed by atoms with Crippen molar-refractivity contribution < 1.29 is 0 Å². The van der Waals surface area contributed by atoms with Crippen LogP contribution in [0, 0.1) is 6.92 Å². The van der Waals surface area contributed by atoms with Gasteiger partial charge < -0.3 is 0 Å². The van der Waals surface area contributed by atoms with E-state index in [4.69, 9.17) is 12.2 Å². The van der Waals surface area contributed by atoms with Crippen molar-refractivity contribution in [1.29, 1.82) is 0 Å². The lowest BCUT2D eigenvalue weighted by Crippen LogP contribution is -2.18. The number of aromatic nitrogens is 2. The van der Waals surface area contributed by atoms with Crippen LogP contribution < -0.4 is 5.56 Å². The number of benzene rings is 1. The molecule has 0 fully saturated rings. The van der Waals surface area contributed by atoms with E-state index >= 15 is 0 Å². The van der Waals surface area contributed by atoms with Gasteiger partial charge in [0.05, 0.1) is 15.4 Å². The zero-order valence-corrected chi connectivity index (χ0v) is 11.2. The van der Waals surface area contributed by atoms with E-state index in [0.29, 0.717) is 9.76 Å². The summed E-state index contributed by atoms with van der Waals surface area (Å²) in [5.74, 6) is 0. The van der Waals surface area contributed by atoms with Crippen LogP contribution in [0.3, 0.4) is 0 Å². The van der Waals surface area contributed by atoms with Crippen molar-refractivity contribution in [2.75, 3.05) is 6.26 Å². The summed E-state index contributed by atoms with van der Waals surface area (Å²) < 4.78 is 2.14. The fourth-order valence-electron chi connectivity index (χ4n) is 1.65. The fourth-order valence-corrected chi connectivity index (χ4v) is 2.33. The van der Waals surface area contributed by atoms with Gasteiger partial charge in [-0.2, -0.15) is 0 Å². The number of nitrogens with one attached hydrogen (secondary N) is 1. The minimum absolute atomic E-state index is 0.0898. The Morgan fingerprint density at radius 2 is 2.00 bits per heavy atom. The fraction of sp³-hybridized carbons (Fsp3) is 0.167. The second-order valence-electron chi connectivity index (χ2n) is 3.58. The van der Waals surface area contributed by atoms with Crippen molar-refractivity contribution in [3.05, 3.63) is 51.9 Å². The molecule has 0 aliphatic heterocycles. The smallest absolute Gasteiger partial charge is 0.280 e. The van der Waals surface area contributed by atoms with Crippen LogP contribution in [0.25, 0.3) is 5.69 Å². The molecule has 0 bridgehead atoms. The van der Waals surface area contributed by atoms with Gasteiger partial charge in [0, 0.05) is 5.69 Å². The predicted octanol–water partition coefficient (Wildman–Crippen LogP) is 2.51. The number of aryl methyl sites for hydroxylation is 1. The van der Waals surface area contributed by atoms with Crippen LogP contribution in [0.1, 0.15) is 11.3 Å². The maximum atomic E-state index is 12.2. The van der Waals surface area contributed by atoms with E-state index in [1.54, 1.807) is 0 Å². The summed E-state index contributed by atoms with van der Waals surface area (Å²) in [6.07, 6.45) is 1.88. The first-order chi connectivity index (χ1) is 8.15. The molecule has 0 aliphatic carbocycles.